The molecule has 5 heteroatoms. The lowest BCUT2D eigenvalue weighted by molar-refractivity contribution is 0.193. The van der Waals surface area contributed by atoms with Gasteiger partial charge in [-0.1, -0.05) is 18.5 Å². The largest absolute Gasteiger partial charge is 0.504 e. The molecule has 0 saturated carbocycles. The molecule has 1 atom stereocenters. The van der Waals surface area contributed by atoms with Gasteiger partial charge in [-0.25, -0.2) is 0 Å². The van der Waals surface area contributed by atoms with E-state index in [-0.39, 0.29) is 5.75 Å². The quantitative estimate of drug-likeness (QED) is 0.876. The Labute approximate surface area is 132 Å². The Morgan fingerprint density at radius 2 is 2.24 bits per heavy atom. The van der Waals surface area contributed by atoms with Crippen molar-refractivity contribution in [1.29, 1.82) is 0 Å². The van der Waals surface area contributed by atoms with E-state index in [1.807, 2.05) is 6.07 Å². The highest BCUT2D eigenvalue weighted by molar-refractivity contribution is 6.30. The van der Waals surface area contributed by atoms with Gasteiger partial charge in [-0.05, 0) is 39.0 Å². The van der Waals surface area contributed by atoms with Gasteiger partial charge in [0.2, 0.25) is 0 Å². The van der Waals surface area contributed by atoms with Crippen LogP contribution in [0.2, 0.25) is 5.02 Å². The van der Waals surface area contributed by atoms with E-state index in [0.29, 0.717) is 23.4 Å². The molecule has 1 fully saturated rings. The average Bonchev–Trinajstić information content (AvgIpc) is 2.89. The van der Waals surface area contributed by atoms with E-state index in [9.17, 15) is 5.11 Å². The molecular formula is C16H25ClN2O2. The Balaban J connectivity index is 2.02. The summed E-state index contributed by atoms with van der Waals surface area (Å²) in [7, 11) is 3.62. The van der Waals surface area contributed by atoms with Crippen molar-refractivity contribution in [2.75, 3.05) is 33.8 Å². The molecule has 0 radical (unpaired) electrons. The molecule has 1 aliphatic rings. The van der Waals surface area contributed by atoms with Gasteiger partial charge in [-0.2, -0.15) is 0 Å². The van der Waals surface area contributed by atoms with Crippen molar-refractivity contribution in [1.82, 2.24) is 9.80 Å². The van der Waals surface area contributed by atoms with Crippen LogP contribution in [-0.2, 0) is 6.54 Å². The zero-order valence-corrected chi connectivity index (χ0v) is 13.9. The minimum absolute atomic E-state index is 0.188. The maximum absolute atomic E-state index is 10.2. The summed E-state index contributed by atoms with van der Waals surface area (Å²) in [6.07, 6.45) is 2.53. The minimum atomic E-state index is 0.188. The third kappa shape index (κ3) is 4.02. The Morgan fingerprint density at radius 3 is 2.90 bits per heavy atom. The molecule has 0 amide bonds. The van der Waals surface area contributed by atoms with Gasteiger partial charge >= 0.3 is 0 Å². The van der Waals surface area contributed by atoms with Crippen LogP contribution in [0, 0.1) is 0 Å². The molecule has 1 unspecified atom stereocenters. The topological polar surface area (TPSA) is 35.9 Å². The molecule has 21 heavy (non-hydrogen) atoms. The second-order valence-corrected chi connectivity index (χ2v) is 6.17. The summed E-state index contributed by atoms with van der Waals surface area (Å²) in [6, 6.07) is 4.06. The van der Waals surface area contributed by atoms with Crippen LogP contribution >= 0.6 is 11.6 Å². The molecular weight excluding hydrogens is 288 g/mol. The lowest BCUT2D eigenvalue weighted by Gasteiger charge is -2.28. The summed E-state index contributed by atoms with van der Waals surface area (Å²) in [6.45, 7) is 6.19. The van der Waals surface area contributed by atoms with Gasteiger partial charge in [0.25, 0.3) is 0 Å². The third-order valence-electron chi connectivity index (χ3n) is 4.21. The summed E-state index contributed by atoms with van der Waals surface area (Å²) in [5, 5.41) is 10.8. The van der Waals surface area contributed by atoms with Gasteiger partial charge in [0.1, 0.15) is 0 Å². The van der Waals surface area contributed by atoms with E-state index < -0.39 is 0 Å². The van der Waals surface area contributed by atoms with Crippen LogP contribution in [0.3, 0.4) is 0 Å². The van der Waals surface area contributed by atoms with Crippen molar-refractivity contribution in [3.05, 3.63) is 22.7 Å². The minimum Gasteiger partial charge on any atom is -0.504 e. The Hall–Kier alpha value is -0.970. The van der Waals surface area contributed by atoms with Crippen LogP contribution in [0.4, 0.5) is 0 Å². The summed E-state index contributed by atoms with van der Waals surface area (Å²) in [5.74, 6) is 0.620. The molecule has 4 nitrogen and oxygen atoms in total. The predicted molar refractivity (Wildman–Crippen MR) is 86.3 cm³/mol. The predicted octanol–water partition coefficient (Wildman–Crippen LogP) is 2.97. The zero-order valence-electron chi connectivity index (χ0n) is 13.1. The zero-order chi connectivity index (χ0) is 15.4. The van der Waals surface area contributed by atoms with Crippen molar-refractivity contribution >= 4 is 11.6 Å². The number of halogens is 1. The Kier molecular flexibility index (Phi) is 5.73. The van der Waals surface area contributed by atoms with Crippen molar-refractivity contribution in [2.45, 2.75) is 32.4 Å². The maximum Gasteiger partial charge on any atom is 0.162 e. The third-order valence-corrected chi connectivity index (χ3v) is 4.42. The number of methoxy groups -OCH3 is 1. The number of nitrogens with zero attached hydrogens (tertiary/aromatic N) is 2. The fourth-order valence-electron chi connectivity index (χ4n) is 3.14. The smallest absolute Gasteiger partial charge is 0.162 e. The highest BCUT2D eigenvalue weighted by Gasteiger charge is 2.24. The first-order valence-electron chi connectivity index (χ1n) is 7.53. The molecule has 1 N–H and O–H groups in total. The van der Waals surface area contributed by atoms with Gasteiger partial charge in [0, 0.05) is 35.8 Å². The SMILES string of the molecule is CCN1CCCC1CN(C)Cc1cc(Cl)cc(OC)c1O. The van der Waals surface area contributed by atoms with Crippen LogP contribution in [0.1, 0.15) is 25.3 Å². The second kappa shape index (κ2) is 7.34. The lowest BCUT2D eigenvalue weighted by atomic mass is 10.1. The van der Waals surface area contributed by atoms with Gasteiger partial charge in [-0.3, -0.25) is 4.90 Å². The molecule has 1 aliphatic heterocycles. The molecule has 1 heterocycles. The van der Waals surface area contributed by atoms with E-state index in [1.165, 1.54) is 26.5 Å². The standard InChI is InChI=1S/C16H25ClN2O2/c1-4-19-7-5-6-14(19)11-18(2)10-12-8-13(17)9-15(21-3)16(12)20/h8-9,14,20H,4-7,10-11H2,1-3H3. The number of likely N-dealkylation sites (N-methyl/N-ethyl adjacent to an activating group) is 2. The average molecular weight is 313 g/mol. The summed E-state index contributed by atoms with van der Waals surface area (Å²) >= 11 is 6.08. The van der Waals surface area contributed by atoms with Gasteiger partial charge in [-0.15, -0.1) is 0 Å². The highest BCUT2D eigenvalue weighted by Crippen LogP contribution is 2.34. The van der Waals surface area contributed by atoms with Crippen LogP contribution in [0.5, 0.6) is 11.5 Å². The van der Waals surface area contributed by atoms with Crippen LogP contribution in [0.25, 0.3) is 0 Å². The first-order valence-corrected chi connectivity index (χ1v) is 7.91. The maximum atomic E-state index is 10.2. The number of hydrogen-bond donors (Lipinski definition) is 1. The Morgan fingerprint density at radius 1 is 1.48 bits per heavy atom. The van der Waals surface area contributed by atoms with Crippen molar-refractivity contribution in [3.8, 4) is 11.5 Å². The monoisotopic (exact) mass is 312 g/mol. The number of phenols is 1. The van der Waals surface area contributed by atoms with E-state index in [1.54, 1.807) is 6.07 Å². The molecule has 1 aromatic carbocycles. The fraction of sp³-hybridized carbons (Fsp3) is 0.625. The van der Waals surface area contributed by atoms with Gasteiger partial charge in [0.15, 0.2) is 11.5 Å². The number of ether oxygens (including phenoxy) is 1. The summed E-state index contributed by atoms with van der Waals surface area (Å²) < 4.78 is 5.15. The molecule has 0 aliphatic carbocycles. The van der Waals surface area contributed by atoms with Gasteiger partial charge in [0.05, 0.1) is 7.11 Å². The molecule has 0 bridgehead atoms. The first kappa shape index (κ1) is 16.4. The first-order chi connectivity index (χ1) is 10.0. The van der Waals surface area contributed by atoms with E-state index in [4.69, 9.17) is 16.3 Å². The van der Waals surface area contributed by atoms with Crippen molar-refractivity contribution < 1.29 is 9.84 Å². The van der Waals surface area contributed by atoms with Crippen molar-refractivity contribution in [2.24, 2.45) is 0 Å². The molecule has 0 spiro atoms. The molecule has 0 aromatic heterocycles. The van der Waals surface area contributed by atoms with Crippen molar-refractivity contribution in [3.63, 3.8) is 0 Å². The van der Waals surface area contributed by atoms with E-state index >= 15 is 0 Å². The van der Waals surface area contributed by atoms with Crippen LogP contribution < -0.4 is 4.74 Å². The Bertz CT molecular complexity index is 482. The molecule has 118 valence electrons. The fourth-order valence-corrected chi connectivity index (χ4v) is 3.37. The van der Waals surface area contributed by atoms with Crippen LogP contribution in [-0.4, -0.2) is 54.7 Å². The number of phenolic OH excluding ortho intramolecular Hbond substituents is 1. The lowest BCUT2D eigenvalue weighted by Crippen LogP contribution is -2.38. The van der Waals surface area contributed by atoms with Gasteiger partial charge < -0.3 is 14.7 Å². The highest BCUT2D eigenvalue weighted by atomic mass is 35.5. The second-order valence-electron chi connectivity index (χ2n) is 5.74. The summed E-state index contributed by atoms with van der Waals surface area (Å²) in [4.78, 5) is 4.76. The number of aromatic hydroxyl groups is 1. The molecule has 2 rings (SSSR count). The van der Waals surface area contributed by atoms with E-state index in [0.717, 1.165) is 18.7 Å². The molecule has 1 aromatic rings. The summed E-state index contributed by atoms with van der Waals surface area (Å²) in [5.41, 5.74) is 0.808. The van der Waals surface area contributed by atoms with E-state index in [2.05, 4.69) is 23.8 Å². The normalized spacial score (nSPS) is 19.4. The van der Waals surface area contributed by atoms with Crippen LogP contribution in [0.15, 0.2) is 12.1 Å². The number of likely N-dealkylation sites (tertiary alicyclic amines) is 1. The number of rotatable bonds is 6. The number of benzene rings is 1. The molecule has 1 saturated heterocycles. The number of hydrogen-bond acceptors (Lipinski definition) is 4.